The molecule has 0 saturated carbocycles. The molecule has 0 fully saturated rings. The predicted octanol–water partition coefficient (Wildman–Crippen LogP) is 4.21. The summed E-state index contributed by atoms with van der Waals surface area (Å²) in [5.41, 5.74) is 2.23. The van der Waals surface area contributed by atoms with Gasteiger partial charge in [-0.1, -0.05) is 18.2 Å². The summed E-state index contributed by atoms with van der Waals surface area (Å²) < 4.78 is 10.4. The van der Waals surface area contributed by atoms with Gasteiger partial charge in [-0.05, 0) is 48.5 Å². The van der Waals surface area contributed by atoms with Crippen LogP contribution in [0, 0.1) is 0 Å². The summed E-state index contributed by atoms with van der Waals surface area (Å²) in [6.07, 6.45) is 0. The molecule has 2 amide bonds. The van der Waals surface area contributed by atoms with Crippen LogP contribution in [0.25, 0.3) is 0 Å². The number of nitrogens with one attached hydrogen (secondary N) is 2. The van der Waals surface area contributed by atoms with Gasteiger partial charge in [0.25, 0.3) is 11.8 Å². The number of benzene rings is 3. The highest BCUT2D eigenvalue weighted by atomic mass is 16.5. The lowest BCUT2D eigenvalue weighted by molar-refractivity contribution is 0.101. The van der Waals surface area contributed by atoms with Crippen LogP contribution in [0.15, 0.2) is 72.8 Å². The summed E-state index contributed by atoms with van der Waals surface area (Å²) in [4.78, 5) is 24.7. The van der Waals surface area contributed by atoms with Crippen molar-refractivity contribution in [2.45, 2.75) is 0 Å². The molecular formula is C22H20N2O4. The molecule has 3 rings (SSSR count). The van der Waals surface area contributed by atoms with Crippen LogP contribution in [0.3, 0.4) is 0 Å². The number of anilines is 2. The highest BCUT2D eigenvalue weighted by Gasteiger charge is 2.11. The normalized spacial score (nSPS) is 10.1. The first-order valence-electron chi connectivity index (χ1n) is 8.60. The summed E-state index contributed by atoms with van der Waals surface area (Å²) in [6.45, 7) is 0. The molecular weight excluding hydrogens is 356 g/mol. The van der Waals surface area contributed by atoms with Crippen LogP contribution in [0.2, 0.25) is 0 Å². The zero-order valence-electron chi connectivity index (χ0n) is 15.6. The minimum atomic E-state index is -0.293. The molecule has 0 aliphatic heterocycles. The van der Waals surface area contributed by atoms with E-state index in [0.717, 1.165) is 0 Å². The average molecular weight is 376 g/mol. The van der Waals surface area contributed by atoms with E-state index < -0.39 is 0 Å². The number of amides is 2. The van der Waals surface area contributed by atoms with Crippen molar-refractivity contribution in [2.75, 3.05) is 24.9 Å². The Morgan fingerprint density at radius 1 is 0.643 bits per heavy atom. The lowest BCUT2D eigenvalue weighted by Gasteiger charge is -2.10. The molecule has 28 heavy (non-hydrogen) atoms. The molecule has 0 aliphatic carbocycles. The van der Waals surface area contributed by atoms with E-state index in [4.69, 9.17) is 9.47 Å². The van der Waals surface area contributed by atoms with Gasteiger partial charge in [-0.25, -0.2) is 0 Å². The number of hydrogen-bond donors (Lipinski definition) is 2. The zero-order chi connectivity index (χ0) is 19.9. The quantitative estimate of drug-likeness (QED) is 0.676. The van der Waals surface area contributed by atoms with Crippen LogP contribution >= 0.6 is 0 Å². The minimum absolute atomic E-state index is 0.194. The van der Waals surface area contributed by atoms with E-state index in [0.29, 0.717) is 34.0 Å². The van der Waals surface area contributed by atoms with Gasteiger partial charge in [-0.15, -0.1) is 0 Å². The molecule has 0 heterocycles. The van der Waals surface area contributed by atoms with Crippen LogP contribution in [0.1, 0.15) is 20.7 Å². The van der Waals surface area contributed by atoms with Crippen molar-refractivity contribution < 1.29 is 19.1 Å². The number of carbonyl (C=O) groups excluding carboxylic acids is 2. The van der Waals surface area contributed by atoms with E-state index in [-0.39, 0.29) is 11.8 Å². The number of hydrogen-bond acceptors (Lipinski definition) is 4. The molecule has 142 valence electrons. The molecule has 0 saturated heterocycles. The average Bonchev–Trinajstić information content (AvgIpc) is 2.75. The van der Waals surface area contributed by atoms with Gasteiger partial charge in [-0.2, -0.15) is 0 Å². The van der Waals surface area contributed by atoms with Gasteiger partial charge in [0.15, 0.2) is 0 Å². The summed E-state index contributed by atoms with van der Waals surface area (Å²) in [7, 11) is 3.05. The monoisotopic (exact) mass is 376 g/mol. The molecule has 0 aliphatic rings. The Labute approximate surface area is 163 Å². The summed E-state index contributed by atoms with van der Waals surface area (Å²) in [6, 6.07) is 20.8. The van der Waals surface area contributed by atoms with E-state index in [1.165, 1.54) is 14.2 Å². The van der Waals surface area contributed by atoms with Gasteiger partial charge in [0.05, 0.1) is 14.2 Å². The van der Waals surface area contributed by atoms with Crippen molar-refractivity contribution in [3.8, 4) is 11.5 Å². The number of ether oxygens (including phenoxy) is 2. The fourth-order valence-corrected chi connectivity index (χ4v) is 2.57. The van der Waals surface area contributed by atoms with E-state index in [1.54, 1.807) is 66.7 Å². The Hall–Kier alpha value is -3.80. The lowest BCUT2D eigenvalue weighted by atomic mass is 10.1. The highest BCUT2D eigenvalue weighted by Crippen LogP contribution is 2.23. The summed E-state index contributed by atoms with van der Waals surface area (Å²) >= 11 is 0. The number of methoxy groups -OCH3 is 2. The van der Waals surface area contributed by atoms with Crippen molar-refractivity contribution in [3.63, 3.8) is 0 Å². The molecule has 0 bridgehead atoms. The number of carbonyl (C=O) groups is 2. The Kier molecular flexibility index (Phi) is 5.91. The van der Waals surface area contributed by atoms with Gasteiger partial charge in [0.1, 0.15) is 11.5 Å². The second-order valence-corrected chi connectivity index (χ2v) is 5.95. The molecule has 6 nitrogen and oxygen atoms in total. The van der Waals surface area contributed by atoms with Crippen LogP contribution in [0.4, 0.5) is 11.4 Å². The maximum Gasteiger partial charge on any atom is 0.255 e. The van der Waals surface area contributed by atoms with Gasteiger partial charge in [0, 0.05) is 28.6 Å². The van der Waals surface area contributed by atoms with Gasteiger partial charge < -0.3 is 20.1 Å². The molecule has 3 aromatic carbocycles. The van der Waals surface area contributed by atoms with Crippen LogP contribution in [-0.4, -0.2) is 26.0 Å². The molecule has 6 heteroatoms. The van der Waals surface area contributed by atoms with Crippen molar-refractivity contribution in [1.29, 1.82) is 0 Å². The first kappa shape index (κ1) is 19.0. The molecule has 0 atom stereocenters. The summed E-state index contributed by atoms with van der Waals surface area (Å²) in [5, 5.41) is 5.63. The van der Waals surface area contributed by atoms with E-state index >= 15 is 0 Å². The maximum absolute atomic E-state index is 12.5. The first-order chi connectivity index (χ1) is 13.6. The van der Waals surface area contributed by atoms with E-state index in [1.807, 2.05) is 6.07 Å². The van der Waals surface area contributed by atoms with Gasteiger partial charge in [0.2, 0.25) is 0 Å². The lowest BCUT2D eigenvalue weighted by Crippen LogP contribution is -2.13. The van der Waals surface area contributed by atoms with Crippen molar-refractivity contribution in [3.05, 3.63) is 83.9 Å². The minimum Gasteiger partial charge on any atom is -0.497 e. The molecule has 0 unspecified atom stereocenters. The van der Waals surface area contributed by atoms with Crippen molar-refractivity contribution in [1.82, 2.24) is 0 Å². The third-order valence-electron chi connectivity index (χ3n) is 4.05. The predicted molar refractivity (Wildman–Crippen MR) is 108 cm³/mol. The molecule has 0 spiro atoms. The second-order valence-electron chi connectivity index (χ2n) is 5.95. The van der Waals surface area contributed by atoms with Gasteiger partial charge in [-0.3, -0.25) is 9.59 Å². The van der Waals surface area contributed by atoms with E-state index in [2.05, 4.69) is 10.6 Å². The van der Waals surface area contributed by atoms with Crippen molar-refractivity contribution in [2.24, 2.45) is 0 Å². The van der Waals surface area contributed by atoms with Crippen molar-refractivity contribution >= 4 is 23.2 Å². The maximum atomic E-state index is 12.5. The Bertz CT molecular complexity index is 947. The highest BCUT2D eigenvalue weighted by molar-refractivity contribution is 6.06. The number of rotatable bonds is 6. The molecule has 0 radical (unpaired) electrons. The zero-order valence-corrected chi connectivity index (χ0v) is 15.6. The molecule has 0 aromatic heterocycles. The third-order valence-corrected chi connectivity index (χ3v) is 4.05. The topological polar surface area (TPSA) is 76.7 Å². The fraction of sp³-hybridized carbons (Fsp3) is 0.0909. The first-order valence-corrected chi connectivity index (χ1v) is 8.60. The van der Waals surface area contributed by atoms with E-state index in [9.17, 15) is 9.59 Å². The molecule has 3 aromatic rings. The second kappa shape index (κ2) is 8.73. The van der Waals surface area contributed by atoms with Crippen LogP contribution in [0.5, 0.6) is 11.5 Å². The largest absolute Gasteiger partial charge is 0.497 e. The Morgan fingerprint density at radius 3 is 1.57 bits per heavy atom. The SMILES string of the molecule is COc1cc(OC)cc(C(=O)Nc2ccc(NC(=O)c3ccccc3)cc2)c1. The van der Waals surface area contributed by atoms with Crippen LogP contribution in [-0.2, 0) is 0 Å². The Balaban J connectivity index is 1.67. The Morgan fingerprint density at radius 2 is 1.11 bits per heavy atom. The third kappa shape index (κ3) is 4.67. The smallest absolute Gasteiger partial charge is 0.255 e. The summed E-state index contributed by atoms with van der Waals surface area (Å²) in [5.74, 6) is 0.575. The fourth-order valence-electron chi connectivity index (χ4n) is 2.57. The standard InChI is InChI=1S/C22H20N2O4/c1-27-19-12-16(13-20(14-19)28-2)22(26)24-18-10-8-17(9-11-18)23-21(25)15-6-4-3-5-7-15/h3-14H,1-2H3,(H,23,25)(H,24,26). The van der Waals surface area contributed by atoms with Crippen LogP contribution < -0.4 is 20.1 Å². The molecule has 2 N–H and O–H groups in total. The van der Waals surface area contributed by atoms with Gasteiger partial charge >= 0.3 is 0 Å².